The number of thiocarbonyl (C=S) groups is 1. The topological polar surface area (TPSA) is 29.3 Å². The highest BCUT2D eigenvalue weighted by Crippen LogP contribution is 2.73. The molecule has 4 saturated carbocycles. The minimum absolute atomic E-state index is 0.122. The average Bonchev–Trinajstić information content (AvgIpc) is 3.24. The lowest BCUT2D eigenvalue weighted by Crippen LogP contribution is -2.56. The zero-order valence-electron chi connectivity index (χ0n) is 21.3. The SMILES string of the molecule is CC1(C)CN(C(=S)C23CC4CC(c5ccccc5)(CC2C4CSCc2ccccc2)C3)CC[C@@H]1N. The van der Waals surface area contributed by atoms with Gasteiger partial charge in [-0.2, -0.15) is 11.8 Å². The van der Waals surface area contributed by atoms with E-state index in [1.165, 1.54) is 42.0 Å². The van der Waals surface area contributed by atoms with E-state index >= 15 is 0 Å². The van der Waals surface area contributed by atoms with E-state index in [4.69, 9.17) is 18.0 Å². The van der Waals surface area contributed by atoms with E-state index in [1.54, 1.807) is 5.56 Å². The fourth-order valence-corrected chi connectivity index (χ4v) is 10.3. The molecule has 4 bridgehead atoms. The van der Waals surface area contributed by atoms with Crippen LogP contribution in [-0.2, 0) is 11.2 Å². The van der Waals surface area contributed by atoms with Crippen molar-refractivity contribution in [3.8, 4) is 0 Å². The number of piperidine rings is 1. The van der Waals surface area contributed by atoms with Crippen molar-refractivity contribution in [2.24, 2.45) is 34.3 Å². The molecule has 0 radical (unpaired) electrons. The van der Waals surface area contributed by atoms with Gasteiger partial charge in [0.2, 0.25) is 0 Å². The molecular weight excluding hydrogens is 464 g/mol. The molecule has 4 heteroatoms. The minimum Gasteiger partial charge on any atom is -0.365 e. The van der Waals surface area contributed by atoms with Crippen LogP contribution in [0, 0.1) is 28.6 Å². The Bertz CT molecular complexity index is 1070. The summed E-state index contributed by atoms with van der Waals surface area (Å²) in [5, 5.41) is 0. The molecule has 5 aliphatic rings. The normalized spacial score (nSPS) is 37.1. The van der Waals surface area contributed by atoms with E-state index in [1.807, 2.05) is 0 Å². The van der Waals surface area contributed by atoms with Crippen LogP contribution in [0.25, 0.3) is 0 Å². The molecule has 0 amide bonds. The van der Waals surface area contributed by atoms with Crippen LogP contribution in [0.2, 0.25) is 0 Å². The van der Waals surface area contributed by atoms with Gasteiger partial charge < -0.3 is 10.6 Å². The number of nitrogens with two attached hydrogens (primary N) is 1. The summed E-state index contributed by atoms with van der Waals surface area (Å²) < 4.78 is 0. The number of likely N-dealkylation sites (tertiary alicyclic amines) is 1. The van der Waals surface area contributed by atoms with Gasteiger partial charge in [-0.05, 0) is 77.6 Å². The first kappa shape index (κ1) is 24.0. The molecule has 1 heterocycles. The zero-order chi connectivity index (χ0) is 24.3. The molecule has 2 aromatic rings. The molecule has 1 saturated heterocycles. The second-order valence-corrected chi connectivity index (χ2v) is 14.2. The Morgan fingerprint density at radius 1 is 1.03 bits per heavy atom. The van der Waals surface area contributed by atoms with Crippen molar-refractivity contribution < 1.29 is 0 Å². The van der Waals surface area contributed by atoms with Gasteiger partial charge in [0.1, 0.15) is 0 Å². The quantitative estimate of drug-likeness (QED) is 0.444. The van der Waals surface area contributed by atoms with Crippen molar-refractivity contribution in [1.82, 2.24) is 4.90 Å². The van der Waals surface area contributed by atoms with Crippen LogP contribution in [0.15, 0.2) is 60.7 Å². The van der Waals surface area contributed by atoms with E-state index in [0.717, 1.165) is 43.0 Å². The van der Waals surface area contributed by atoms with Crippen molar-refractivity contribution in [1.29, 1.82) is 0 Å². The lowest BCUT2D eigenvalue weighted by Gasteiger charge is -2.49. The Balaban J connectivity index is 1.27. The Kier molecular flexibility index (Phi) is 6.09. The third-order valence-corrected chi connectivity index (χ3v) is 12.0. The first-order valence-electron chi connectivity index (χ1n) is 13.6. The van der Waals surface area contributed by atoms with E-state index in [-0.39, 0.29) is 16.9 Å². The molecule has 2 N–H and O–H groups in total. The second-order valence-electron chi connectivity index (χ2n) is 12.7. The van der Waals surface area contributed by atoms with Gasteiger partial charge in [0.15, 0.2) is 0 Å². The van der Waals surface area contributed by atoms with Crippen molar-refractivity contribution in [2.75, 3.05) is 18.8 Å². The van der Waals surface area contributed by atoms with Crippen LogP contribution in [0.3, 0.4) is 0 Å². The summed E-state index contributed by atoms with van der Waals surface area (Å²) in [6.45, 7) is 6.71. The summed E-state index contributed by atoms with van der Waals surface area (Å²) in [7, 11) is 0. The Labute approximate surface area is 221 Å². The predicted octanol–water partition coefficient (Wildman–Crippen LogP) is 6.68. The summed E-state index contributed by atoms with van der Waals surface area (Å²) in [4.78, 5) is 3.88. The maximum absolute atomic E-state index is 6.51. The molecular formula is C31H40N2S2. The summed E-state index contributed by atoms with van der Waals surface area (Å²) in [5.41, 5.74) is 10.2. The monoisotopic (exact) mass is 504 g/mol. The molecule has 5 unspecified atom stereocenters. The van der Waals surface area contributed by atoms with Crippen LogP contribution in [0.5, 0.6) is 0 Å². The lowest BCUT2D eigenvalue weighted by atomic mass is 9.62. The van der Waals surface area contributed by atoms with Crippen LogP contribution in [0.1, 0.15) is 57.1 Å². The van der Waals surface area contributed by atoms with Crippen molar-refractivity contribution >= 4 is 29.0 Å². The Morgan fingerprint density at radius 3 is 2.46 bits per heavy atom. The van der Waals surface area contributed by atoms with Gasteiger partial charge in [0, 0.05) is 30.3 Å². The maximum Gasteiger partial charge on any atom is 0.0845 e. The first-order chi connectivity index (χ1) is 16.8. The molecule has 2 nitrogen and oxygen atoms in total. The highest BCUT2D eigenvalue weighted by Gasteiger charge is 2.69. The number of nitrogens with zero attached hydrogens (tertiary/aromatic N) is 1. The third kappa shape index (κ3) is 3.99. The van der Waals surface area contributed by atoms with Crippen molar-refractivity contribution in [3.05, 3.63) is 71.8 Å². The van der Waals surface area contributed by atoms with Gasteiger partial charge in [-0.15, -0.1) is 0 Å². The first-order valence-corrected chi connectivity index (χ1v) is 15.1. The fraction of sp³-hybridized carbons (Fsp3) is 0.581. The molecule has 0 aromatic heterocycles. The van der Waals surface area contributed by atoms with Crippen LogP contribution in [-0.4, -0.2) is 34.8 Å². The van der Waals surface area contributed by atoms with E-state index in [2.05, 4.69) is 91.2 Å². The van der Waals surface area contributed by atoms with Gasteiger partial charge in [-0.1, -0.05) is 86.7 Å². The highest BCUT2D eigenvalue weighted by atomic mass is 32.2. The van der Waals surface area contributed by atoms with E-state index in [9.17, 15) is 0 Å². The van der Waals surface area contributed by atoms with E-state index in [0.29, 0.717) is 5.41 Å². The molecule has 186 valence electrons. The number of rotatable bonds is 6. The number of hydrogen-bond acceptors (Lipinski definition) is 3. The summed E-state index contributed by atoms with van der Waals surface area (Å²) in [5.74, 6) is 4.70. The van der Waals surface area contributed by atoms with Crippen LogP contribution < -0.4 is 5.73 Å². The molecule has 5 fully saturated rings. The summed E-state index contributed by atoms with van der Waals surface area (Å²) >= 11 is 8.65. The molecule has 7 rings (SSSR count). The van der Waals surface area contributed by atoms with Gasteiger partial charge in [0.05, 0.1) is 4.99 Å². The zero-order valence-corrected chi connectivity index (χ0v) is 22.9. The summed E-state index contributed by atoms with van der Waals surface area (Å²) in [6.07, 6.45) is 6.29. The second kappa shape index (κ2) is 8.89. The molecule has 6 atom stereocenters. The highest BCUT2D eigenvalue weighted by molar-refractivity contribution is 7.98. The molecule has 35 heavy (non-hydrogen) atoms. The standard InChI is InChI=1S/C31H40N2S2/c1-29(2)21-33(14-13-27(29)32)28(34)31-16-23-15-30(20-31,24-11-7-4-8-12-24)17-26(31)25(23)19-35-18-22-9-5-3-6-10-22/h3-12,23,25-27H,13-21,32H2,1-2H3/t23?,25?,26?,27-,30?,31?/m0/s1. The number of thioether (sulfide) groups is 1. The molecule has 0 spiro atoms. The fourth-order valence-electron chi connectivity index (χ4n) is 8.49. The van der Waals surface area contributed by atoms with Crippen LogP contribution in [0.4, 0.5) is 0 Å². The van der Waals surface area contributed by atoms with Gasteiger partial charge in [0.25, 0.3) is 0 Å². The van der Waals surface area contributed by atoms with Crippen molar-refractivity contribution in [2.45, 2.75) is 63.2 Å². The number of hydrogen-bond donors (Lipinski definition) is 1. The lowest BCUT2D eigenvalue weighted by molar-refractivity contribution is 0.133. The molecule has 4 aliphatic carbocycles. The smallest absolute Gasteiger partial charge is 0.0845 e. The summed E-state index contributed by atoms with van der Waals surface area (Å²) in [6, 6.07) is 22.7. The molecule has 1 aliphatic heterocycles. The van der Waals surface area contributed by atoms with Crippen LogP contribution >= 0.6 is 24.0 Å². The average molecular weight is 505 g/mol. The van der Waals surface area contributed by atoms with Gasteiger partial charge in [-0.3, -0.25) is 0 Å². The Morgan fingerprint density at radius 2 is 1.74 bits per heavy atom. The largest absolute Gasteiger partial charge is 0.365 e. The minimum atomic E-state index is 0.122. The number of benzene rings is 2. The van der Waals surface area contributed by atoms with Gasteiger partial charge in [-0.25, -0.2) is 0 Å². The molecule has 2 aromatic carbocycles. The third-order valence-electron chi connectivity index (χ3n) is 10.2. The maximum atomic E-state index is 6.51. The predicted molar refractivity (Wildman–Crippen MR) is 153 cm³/mol. The van der Waals surface area contributed by atoms with E-state index < -0.39 is 0 Å². The van der Waals surface area contributed by atoms with Gasteiger partial charge >= 0.3 is 0 Å². The van der Waals surface area contributed by atoms with Crippen molar-refractivity contribution in [3.63, 3.8) is 0 Å². The Hall–Kier alpha value is -1.36.